The molecule has 2 aromatic rings. The summed E-state index contributed by atoms with van der Waals surface area (Å²) in [6, 6.07) is 6.10. The number of hydrogen-bond donors (Lipinski definition) is 1. The zero-order valence-electron chi connectivity index (χ0n) is 11.7. The molecule has 106 valence electrons. The second-order valence-electron chi connectivity index (χ2n) is 4.74. The Hall–Kier alpha value is -1.40. The first-order chi connectivity index (χ1) is 9.58. The molecule has 0 aliphatic heterocycles. The minimum absolute atomic E-state index is 0.0126. The summed E-state index contributed by atoms with van der Waals surface area (Å²) in [7, 11) is 0. The van der Waals surface area contributed by atoms with Gasteiger partial charge in [0.2, 0.25) is 5.91 Å². The number of amides is 1. The van der Waals surface area contributed by atoms with Gasteiger partial charge in [-0.15, -0.1) is 10.2 Å². The molecular formula is C14H17N3OS2. The van der Waals surface area contributed by atoms with Gasteiger partial charge in [0.15, 0.2) is 4.34 Å². The molecule has 0 fully saturated rings. The quantitative estimate of drug-likeness (QED) is 0.856. The molecular weight excluding hydrogens is 290 g/mol. The van der Waals surface area contributed by atoms with Crippen LogP contribution in [0.5, 0.6) is 0 Å². The Morgan fingerprint density at radius 2 is 2.25 bits per heavy atom. The van der Waals surface area contributed by atoms with E-state index in [-0.39, 0.29) is 5.91 Å². The number of hydrogen-bond acceptors (Lipinski definition) is 5. The van der Waals surface area contributed by atoms with Gasteiger partial charge in [0.05, 0.1) is 5.75 Å². The maximum absolute atomic E-state index is 12.1. The molecule has 1 aromatic heterocycles. The van der Waals surface area contributed by atoms with E-state index in [0.29, 0.717) is 11.7 Å². The first-order valence-corrected chi connectivity index (χ1v) is 8.22. The van der Waals surface area contributed by atoms with Gasteiger partial charge in [-0.05, 0) is 24.0 Å². The van der Waals surface area contributed by atoms with Crippen LogP contribution in [0.3, 0.4) is 0 Å². The zero-order chi connectivity index (χ0) is 14.5. The Balaban J connectivity index is 2.04. The number of nitrogens with zero attached hydrogens (tertiary/aromatic N) is 2. The van der Waals surface area contributed by atoms with Crippen molar-refractivity contribution in [3.63, 3.8) is 0 Å². The largest absolute Gasteiger partial charge is 0.325 e. The van der Waals surface area contributed by atoms with Crippen molar-refractivity contribution in [2.75, 3.05) is 11.1 Å². The van der Waals surface area contributed by atoms with Crippen molar-refractivity contribution in [3.05, 3.63) is 34.8 Å². The minimum atomic E-state index is -0.0126. The summed E-state index contributed by atoms with van der Waals surface area (Å²) >= 11 is 2.85. The average molecular weight is 307 g/mol. The molecule has 1 heterocycles. The van der Waals surface area contributed by atoms with Crippen molar-refractivity contribution >= 4 is 34.7 Å². The van der Waals surface area contributed by atoms with Gasteiger partial charge < -0.3 is 5.32 Å². The Kier molecular flexibility index (Phi) is 5.14. The van der Waals surface area contributed by atoms with E-state index in [0.717, 1.165) is 15.6 Å². The molecule has 4 nitrogen and oxygen atoms in total. The van der Waals surface area contributed by atoms with Crippen molar-refractivity contribution in [2.24, 2.45) is 0 Å². The second kappa shape index (κ2) is 6.85. The predicted octanol–water partition coefficient (Wildman–Crippen LogP) is 3.70. The van der Waals surface area contributed by atoms with Crippen molar-refractivity contribution in [2.45, 2.75) is 31.0 Å². The third kappa shape index (κ3) is 3.80. The van der Waals surface area contributed by atoms with Crippen LogP contribution >= 0.6 is 23.1 Å². The zero-order valence-corrected chi connectivity index (χ0v) is 13.3. The molecule has 6 heteroatoms. The number of anilines is 1. The molecule has 20 heavy (non-hydrogen) atoms. The lowest BCUT2D eigenvalue weighted by atomic mass is 9.98. The smallest absolute Gasteiger partial charge is 0.234 e. The topological polar surface area (TPSA) is 54.9 Å². The molecule has 0 aliphatic carbocycles. The lowest BCUT2D eigenvalue weighted by Crippen LogP contribution is -2.16. The number of rotatable bonds is 5. The van der Waals surface area contributed by atoms with Gasteiger partial charge in [-0.1, -0.05) is 55.1 Å². The Labute approximate surface area is 127 Å². The number of carbonyl (C=O) groups is 1. The van der Waals surface area contributed by atoms with E-state index in [1.165, 1.54) is 28.7 Å². The molecule has 0 spiro atoms. The van der Waals surface area contributed by atoms with Gasteiger partial charge in [0.1, 0.15) is 5.51 Å². The maximum Gasteiger partial charge on any atom is 0.234 e. The molecule has 0 radical (unpaired) electrons. The van der Waals surface area contributed by atoms with Crippen LogP contribution in [0.15, 0.2) is 28.0 Å². The highest BCUT2D eigenvalue weighted by atomic mass is 32.2. The van der Waals surface area contributed by atoms with Crippen LogP contribution in [0.2, 0.25) is 0 Å². The molecule has 0 saturated carbocycles. The first-order valence-electron chi connectivity index (χ1n) is 6.36. The van der Waals surface area contributed by atoms with Gasteiger partial charge >= 0.3 is 0 Å². The number of carbonyl (C=O) groups excluding carboxylic acids is 1. The van der Waals surface area contributed by atoms with Gasteiger partial charge in [-0.25, -0.2) is 0 Å². The number of aryl methyl sites for hydroxylation is 1. The highest BCUT2D eigenvalue weighted by Gasteiger charge is 2.12. The van der Waals surface area contributed by atoms with E-state index in [1.54, 1.807) is 5.51 Å². The van der Waals surface area contributed by atoms with E-state index < -0.39 is 0 Å². The van der Waals surface area contributed by atoms with Crippen molar-refractivity contribution in [1.82, 2.24) is 10.2 Å². The highest BCUT2D eigenvalue weighted by molar-refractivity contribution is 8.01. The monoisotopic (exact) mass is 307 g/mol. The van der Waals surface area contributed by atoms with Crippen LogP contribution in [0.25, 0.3) is 0 Å². The highest BCUT2D eigenvalue weighted by Crippen LogP contribution is 2.28. The summed E-state index contributed by atoms with van der Waals surface area (Å²) in [5.41, 5.74) is 4.86. The Morgan fingerprint density at radius 1 is 1.45 bits per heavy atom. The van der Waals surface area contributed by atoms with E-state index in [9.17, 15) is 4.79 Å². The Morgan fingerprint density at radius 3 is 2.90 bits per heavy atom. The fraction of sp³-hybridized carbons (Fsp3) is 0.357. The molecule has 0 bridgehead atoms. The molecule has 0 saturated heterocycles. The van der Waals surface area contributed by atoms with Gasteiger partial charge in [0, 0.05) is 5.69 Å². The van der Waals surface area contributed by atoms with Crippen LogP contribution in [0.4, 0.5) is 5.69 Å². The SMILES string of the molecule is Cc1cccc(C(C)C)c1NC(=O)CSc1nncs1. The number of nitrogens with one attached hydrogen (secondary N) is 1. The van der Waals surface area contributed by atoms with Gasteiger partial charge in [-0.2, -0.15) is 0 Å². The van der Waals surface area contributed by atoms with Gasteiger partial charge in [-0.3, -0.25) is 4.79 Å². The van der Waals surface area contributed by atoms with Crippen LogP contribution in [0.1, 0.15) is 30.9 Å². The standard InChI is InChI=1S/C14H17N3OS2/c1-9(2)11-6-4-5-10(3)13(11)16-12(18)7-19-14-17-15-8-20-14/h4-6,8-9H,7H2,1-3H3,(H,16,18). The molecule has 1 N–H and O–H groups in total. The van der Waals surface area contributed by atoms with Crippen molar-refractivity contribution in [3.8, 4) is 0 Å². The average Bonchev–Trinajstić information content (AvgIpc) is 2.91. The van der Waals surface area contributed by atoms with E-state index >= 15 is 0 Å². The number of aromatic nitrogens is 2. The van der Waals surface area contributed by atoms with E-state index in [1.807, 2.05) is 19.1 Å². The summed E-state index contributed by atoms with van der Waals surface area (Å²) in [4.78, 5) is 12.1. The molecule has 0 atom stereocenters. The van der Waals surface area contributed by atoms with Crippen LogP contribution in [-0.2, 0) is 4.79 Å². The number of benzene rings is 1. The summed E-state index contributed by atoms with van der Waals surface area (Å²) in [5.74, 6) is 0.712. The second-order valence-corrected chi connectivity index (χ2v) is 6.79. The molecule has 0 unspecified atom stereocenters. The molecule has 0 aliphatic rings. The van der Waals surface area contributed by atoms with Gasteiger partial charge in [0.25, 0.3) is 0 Å². The molecule has 1 aromatic carbocycles. The summed E-state index contributed by atoms with van der Waals surface area (Å²) in [6.45, 7) is 6.26. The third-order valence-corrected chi connectivity index (χ3v) is 4.72. The summed E-state index contributed by atoms with van der Waals surface area (Å²) in [6.07, 6.45) is 0. The lowest BCUT2D eigenvalue weighted by Gasteiger charge is -2.16. The van der Waals surface area contributed by atoms with Crippen LogP contribution in [-0.4, -0.2) is 21.9 Å². The molecule has 1 amide bonds. The number of thioether (sulfide) groups is 1. The van der Waals surface area contributed by atoms with E-state index in [4.69, 9.17) is 0 Å². The fourth-order valence-corrected chi connectivity index (χ4v) is 3.16. The maximum atomic E-state index is 12.1. The minimum Gasteiger partial charge on any atom is -0.325 e. The van der Waals surface area contributed by atoms with Crippen LogP contribution in [0, 0.1) is 6.92 Å². The predicted molar refractivity (Wildman–Crippen MR) is 84.5 cm³/mol. The third-order valence-electron chi connectivity index (χ3n) is 2.86. The lowest BCUT2D eigenvalue weighted by molar-refractivity contribution is -0.113. The molecule has 2 rings (SSSR count). The first kappa shape index (κ1) is 15.0. The van der Waals surface area contributed by atoms with Crippen molar-refractivity contribution in [1.29, 1.82) is 0 Å². The van der Waals surface area contributed by atoms with Crippen molar-refractivity contribution < 1.29 is 4.79 Å². The van der Waals surface area contributed by atoms with E-state index in [2.05, 4.69) is 35.4 Å². The van der Waals surface area contributed by atoms with Crippen LogP contribution < -0.4 is 5.32 Å². The summed E-state index contributed by atoms with van der Waals surface area (Å²) in [5, 5.41) is 10.7. The summed E-state index contributed by atoms with van der Waals surface area (Å²) < 4.78 is 0.814. The number of para-hydroxylation sites is 1. The Bertz CT molecular complexity index is 582. The normalized spacial score (nSPS) is 10.8. The fourth-order valence-electron chi connectivity index (χ4n) is 1.87.